The van der Waals surface area contributed by atoms with Crippen molar-refractivity contribution in [2.75, 3.05) is 0 Å². The van der Waals surface area contributed by atoms with Crippen molar-refractivity contribution < 1.29 is 9.32 Å². The first kappa shape index (κ1) is 13.8. The van der Waals surface area contributed by atoms with Crippen molar-refractivity contribution in [3.63, 3.8) is 0 Å². The van der Waals surface area contributed by atoms with E-state index in [4.69, 9.17) is 4.52 Å². The molecule has 1 aromatic carbocycles. The van der Waals surface area contributed by atoms with Crippen molar-refractivity contribution in [2.24, 2.45) is 0 Å². The fourth-order valence-corrected chi connectivity index (χ4v) is 2.31. The van der Waals surface area contributed by atoms with Crippen molar-refractivity contribution in [3.05, 3.63) is 52.3 Å². The van der Waals surface area contributed by atoms with Crippen LogP contribution in [0, 0.1) is 0 Å². The molecule has 1 atom stereocenters. The van der Waals surface area contributed by atoms with Gasteiger partial charge in [0.15, 0.2) is 0 Å². The van der Waals surface area contributed by atoms with Gasteiger partial charge >= 0.3 is 0 Å². The van der Waals surface area contributed by atoms with E-state index in [0.29, 0.717) is 5.69 Å². The zero-order chi connectivity index (χ0) is 13.7. The minimum Gasteiger partial charge on any atom is -0.364 e. The molecule has 1 N–H and O–H groups in total. The molecule has 0 spiro atoms. The van der Waals surface area contributed by atoms with E-state index in [2.05, 4.69) is 26.4 Å². The Balaban J connectivity index is 1.86. The summed E-state index contributed by atoms with van der Waals surface area (Å²) < 4.78 is 5.76. The van der Waals surface area contributed by atoms with Crippen LogP contribution in [0.5, 0.6) is 0 Å². The minimum atomic E-state index is -0.0477. The molecule has 5 heteroatoms. The van der Waals surface area contributed by atoms with E-state index in [1.807, 2.05) is 31.2 Å². The van der Waals surface area contributed by atoms with Gasteiger partial charge in [-0.2, -0.15) is 0 Å². The molecule has 1 aromatic heterocycles. The van der Waals surface area contributed by atoms with Gasteiger partial charge in [-0.15, -0.1) is 0 Å². The van der Waals surface area contributed by atoms with Gasteiger partial charge in [-0.05, 0) is 25.0 Å². The quantitative estimate of drug-likeness (QED) is 0.920. The van der Waals surface area contributed by atoms with Crippen molar-refractivity contribution in [2.45, 2.75) is 25.8 Å². The Morgan fingerprint density at radius 2 is 2.21 bits per heavy atom. The van der Waals surface area contributed by atoms with Crippen molar-refractivity contribution in [1.29, 1.82) is 0 Å². The second-order valence-corrected chi connectivity index (χ2v) is 5.29. The predicted molar refractivity (Wildman–Crippen MR) is 75.7 cm³/mol. The third-order valence-corrected chi connectivity index (χ3v) is 3.50. The lowest BCUT2D eigenvalue weighted by Crippen LogP contribution is -2.35. The lowest BCUT2D eigenvalue weighted by Gasteiger charge is -2.14. The van der Waals surface area contributed by atoms with E-state index in [9.17, 15) is 4.79 Å². The lowest BCUT2D eigenvalue weighted by molar-refractivity contribution is -0.121. The zero-order valence-electron chi connectivity index (χ0n) is 10.6. The molecule has 0 aliphatic rings. The second kappa shape index (κ2) is 6.52. The van der Waals surface area contributed by atoms with E-state index in [-0.39, 0.29) is 18.4 Å². The Bertz CT molecular complexity index is 540. The van der Waals surface area contributed by atoms with E-state index in [0.717, 1.165) is 10.9 Å². The maximum absolute atomic E-state index is 11.8. The molecule has 1 amide bonds. The molecule has 0 aliphatic heterocycles. The summed E-state index contributed by atoms with van der Waals surface area (Å²) in [5.41, 5.74) is 1.82. The third-order valence-electron chi connectivity index (χ3n) is 2.72. The van der Waals surface area contributed by atoms with Crippen molar-refractivity contribution in [3.8, 4) is 0 Å². The van der Waals surface area contributed by atoms with Crippen LogP contribution in [0.3, 0.4) is 0 Å². The largest absolute Gasteiger partial charge is 0.364 e. The summed E-state index contributed by atoms with van der Waals surface area (Å²) in [6.45, 7) is 1.99. The summed E-state index contributed by atoms with van der Waals surface area (Å²) in [4.78, 5) is 11.8. The number of carbonyl (C=O) groups is 1. The Kier molecular flexibility index (Phi) is 4.74. The molecular formula is C14H15BrN2O2. The van der Waals surface area contributed by atoms with Crippen LogP contribution in [0.25, 0.3) is 0 Å². The molecule has 4 nitrogen and oxygen atoms in total. The van der Waals surface area contributed by atoms with Gasteiger partial charge in [0.05, 0.1) is 12.1 Å². The first-order valence-electron chi connectivity index (χ1n) is 6.07. The SMILES string of the molecule is CC(Cc1ccccc1Br)NC(=O)Cc1ccon1. The number of halogens is 1. The second-order valence-electron chi connectivity index (χ2n) is 4.43. The van der Waals surface area contributed by atoms with Gasteiger partial charge in [0.1, 0.15) is 6.26 Å². The van der Waals surface area contributed by atoms with Crippen molar-refractivity contribution >= 4 is 21.8 Å². The highest BCUT2D eigenvalue weighted by molar-refractivity contribution is 9.10. The molecular weight excluding hydrogens is 308 g/mol. The van der Waals surface area contributed by atoms with Gasteiger partial charge in [-0.1, -0.05) is 39.3 Å². The molecule has 0 fully saturated rings. The maximum Gasteiger partial charge on any atom is 0.226 e. The van der Waals surface area contributed by atoms with Crippen LogP contribution in [0.2, 0.25) is 0 Å². The molecule has 1 unspecified atom stereocenters. The van der Waals surface area contributed by atoms with E-state index in [1.54, 1.807) is 6.07 Å². The van der Waals surface area contributed by atoms with Gasteiger partial charge < -0.3 is 9.84 Å². The summed E-state index contributed by atoms with van der Waals surface area (Å²) in [5, 5.41) is 6.67. The molecule has 1 heterocycles. The number of carbonyl (C=O) groups excluding carboxylic acids is 1. The monoisotopic (exact) mass is 322 g/mol. The molecule has 0 aliphatic carbocycles. The Labute approximate surface area is 120 Å². The van der Waals surface area contributed by atoms with E-state index in [1.165, 1.54) is 11.8 Å². The van der Waals surface area contributed by atoms with Crippen LogP contribution in [0.1, 0.15) is 18.2 Å². The number of nitrogens with one attached hydrogen (secondary N) is 1. The van der Waals surface area contributed by atoms with Crippen molar-refractivity contribution in [1.82, 2.24) is 10.5 Å². The number of amides is 1. The van der Waals surface area contributed by atoms with E-state index >= 15 is 0 Å². The minimum absolute atomic E-state index is 0.0477. The first-order chi connectivity index (χ1) is 9.15. The maximum atomic E-state index is 11.8. The smallest absolute Gasteiger partial charge is 0.226 e. The Morgan fingerprint density at radius 3 is 2.89 bits per heavy atom. The van der Waals surface area contributed by atoms with Crippen LogP contribution in [-0.4, -0.2) is 17.1 Å². The highest BCUT2D eigenvalue weighted by Crippen LogP contribution is 2.17. The van der Waals surface area contributed by atoms with Gasteiger partial charge in [0.25, 0.3) is 0 Å². The number of nitrogens with zero attached hydrogens (tertiary/aromatic N) is 1. The van der Waals surface area contributed by atoms with Crippen LogP contribution in [0.15, 0.2) is 45.6 Å². The average molecular weight is 323 g/mol. The highest BCUT2D eigenvalue weighted by atomic mass is 79.9. The summed E-state index contributed by atoms with van der Waals surface area (Å²) in [6, 6.07) is 9.77. The normalized spacial score (nSPS) is 12.1. The standard InChI is InChI=1S/C14H15BrN2O2/c1-10(8-11-4-2-3-5-13(11)15)16-14(18)9-12-6-7-19-17-12/h2-7,10H,8-9H2,1H3,(H,16,18). The third kappa shape index (κ3) is 4.21. The fourth-order valence-electron chi connectivity index (χ4n) is 1.86. The van der Waals surface area contributed by atoms with Crippen LogP contribution < -0.4 is 5.32 Å². The Hall–Kier alpha value is -1.62. The van der Waals surface area contributed by atoms with Crippen LogP contribution >= 0.6 is 15.9 Å². The molecule has 2 rings (SSSR count). The zero-order valence-corrected chi connectivity index (χ0v) is 12.2. The molecule has 100 valence electrons. The number of aromatic nitrogens is 1. The van der Waals surface area contributed by atoms with Gasteiger partial charge in [0, 0.05) is 16.6 Å². The summed E-state index contributed by atoms with van der Waals surface area (Å²) in [7, 11) is 0. The number of hydrogen-bond donors (Lipinski definition) is 1. The Morgan fingerprint density at radius 1 is 1.42 bits per heavy atom. The highest BCUT2D eigenvalue weighted by Gasteiger charge is 2.11. The van der Waals surface area contributed by atoms with E-state index < -0.39 is 0 Å². The average Bonchev–Trinajstić information content (AvgIpc) is 2.84. The first-order valence-corrected chi connectivity index (χ1v) is 6.86. The summed E-state index contributed by atoms with van der Waals surface area (Å²) in [6.07, 6.45) is 2.50. The topological polar surface area (TPSA) is 55.1 Å². The molecule has 0 saturated carbocycles. The molecule has 0 bridgehead atoms. The van der Waals surface area contributed by atoms with Gasteiger partial charge in [-0.25, -0.2) is 0 Å². The fraction of sp³-hybridized carbons (Fsp3) is 0.286. The van der Waals surface area contributed by atoms with Gasteiger partial charge in [0.2, 0.25) is 5.91 Å². The number of rotatable bonds is 5. The molecule has 0 saturated heterocycles. The van der Waals surface area contributed by atoms with Gasteiger partial charge in [-0.3, -0.25) is 4.79 Å². The van der Waals surface area contributed by atoms with Crippen LogP contribution in [-0.2, 0) is 17.6 Å². The van der Waals surface area contributed by atoms with Crippen LogP contribution in [0.4, 0.5) is 0 Å². The lowest BCUT2D eigenvalue weighted by atomic mass is 10.1. The number of hydrogen-bond acceptors (Lipinski definition) is 3. The summed E-state index contributed by atoms with van der Waals surface area (Å²) in [5.74, 6) is -0.0477. The number of benzene rings is 1. The summed E-state index contributed by atoms with van der Waals surface area (Å²) >= 11 is 3.50. The molecule has 19 heavy (non-hydrogen) atoms. The molecule has 0 radical (unpaired) electrons. The predicted octanol–water partition coefficient (Wildman–Crippen LogP) is 2.73. The molecule has 2 aromatic rings.